The minimum Gasteiger partial charge on any atom is -0.342 e. The van der Waals surface area contributed by atoms with Gasteiger partial charge < -0.3 is 10.6 Å². The third kappa shape index (κ3) is 3.45. The highest BCUT2D eigenvalue weighted by atomic mass is 16.2. The Hall–Kier alpha value is -0.610. The first-order chi connectivity index (χ1) is 8.68. The summed E-state index contributed by atoms with van der Waals surface area (Å²) in [6.07, 6.45) is 7.21. The molecule has 0 saturated carbocycles. The summed E-state index contributed by atoms with van der Waals surface area (Å²) in [4.78, 5) is 16.6. The van der Waals surface area contributed by atoms with Crippen LogP contribution >= 0.6 is 0 Å². The Kier molecular flexibility index (Phi) is 5.01. The van der Waals surface area contributed by atoms with Crippen molar-refractivity contribution in [2.45, 2.75) is 57.5 Å². The van der Waals surface area contributed by atoms with E-state index in [1.54, 1.807) is 0 Å². The quantitative estimate of drug-likeness (QED) is 0.822. The number of hydrogen-bond donors (Lipinski definition) is 1. The van der Waals surface area contributed by atoms with Crippen LogP contribution in [0, 0.1) is 0 Å². The molecular formula is C14H27N3O. The molecule has 2 aliphatic rings. The van der Waals surface area contributed by atoms with Crippen LogP contribution in [0.5, 0.6) is 0 Å². The molecule has 0 aromatic carbocycles. The van der Waals surface area contributed by atoms with Crippen molar-refractivity contribution >= 4 is 5.91 Å². The van der Waals surface area contributed by atoms with Crippen LogP contribution in [0.1, 0.15) is 45.4 Å². The SMILES string of the molecule is CC(N)C1CCCCN1CC(=O)N1CCCCC1. The van der Waals surface area contributed by atoms with Gasteiger partial charge in [0, 0.05) is 25.2 Å². The maximum absolute atomic E-state index is 12.3. The van der Waals surface area contributed by atoms with E-state index >= 15 is 0 Å². The summed E-state index contributed by atoms with van der Waals surface area (Å²) in [6, 6.07) is 0.562. The van der Waals surface area contributed by atoms with Crippen LogP contribution in [0.4, 0.5) is 0 Å². The van der Waals surface area contributed by atoms with E-state index in [1.807, 2.05) is 4.90 Å². The molecule has 2 heterocycles. The average molecular weight is 253 g/mol. The highest BCUT2D eigenvalue weighted by Crippen LogP contribution is 2.19. The van der Waals surface area contributed by atoms with Gasteiger partial charge in [-0.2, -0.15) is 0 Å². The molecule has 18 heavy (non-hydrogen) atoms. The van der Waals surface area contributed by atoms with Crippen LogP contribution in [-0.4, -0.2) is 54.0 Å². The van der Waals surface area contributed by atoms with Gasteiger partial charge in [-0.05, 0) is 45.6 Å². The number of carbonyl (C=O) groups is 1. The van der Waals surface area contributed by atoms with E-state index in [4.69, 9.17) is 5.73 Å². The summed E-state index contributed by atoms with van der Waals surface area (Å²) in [7, 11) is 0. The monoisotopic (exact) mass is 253 g/mol. The highest BCUT2D eigenvalue weighted by Gasteiger charge is 2.28. The predicted octanol–water partition coefficient (Wildman–Crippen LogP) is 1.20. The van der Waals surface area contributed by atoms with E-state index in [9.17, 15) is 4.79 Å². The van der Waals surface area contributed by atoms with E-state index in [0.29, 0.717) is 18.5 Å². The van der Waals surface area contributed by atoms with E-state index in [1.165, 1.54) is 32.1 Å². The van der Waals surface area contributed by atoms with Crippen molar-refractivity contribution in [2.75, 3.05) is 26.2 Å². The van der Waals surface area contributed by atoms with Crippen molar-refractivity contribution < 1.29 is 4.79 Å². The molecule has 0 aromatic heterocycles. The zero-order valence-electron chi connectivity index (χ0n) is 11.6. The number of carbonyl (C=O) groups excluding carboxylic acids is 1. The van der Waals surface area contributed by atoms with E-state index in [0.717, 1.165) is 26.1 Å². The molecule has 4 heteroatoms. The predicted molar refractivity (Wildman–Crippen MR) is 73.3 cm³/mol. The minimum atomic E-state index is 0.166. The normalized spacial score (nSPS) is 28.1. The maximum Gasteiger partial charge on any atom is 0.236 e. The Morgan fingerprint density at radius 3 is 2.50 bits per heavy atom. The van der Waals surface area contributed by atoms with Gasteiger partial charge >= 0.3 is 0 Å². The number of hydrogen-bond acceptors (Lipinski definition) is 3. The lowest BCUT2D eigenvalue weighted by molar-refractivity contribution is -0.134. The lowest BCUT2D eigenvalue weighted by atomic mass is 9.97. The topological polar surface area (TPSA) is 49.6 Å². The average Bonchev–Trinajstić information content (AvgIpc) is 2.40. The fourth-order valence-electron chi connectivity index (χ4n) is 3.23. The maximum atomic E-state index is 12.3. The molecule has 0 aliphatic carbocycles. The van der Waals surface area contributed by atoms with Crippen LogP contribution in [0.25, 0.3) is 0 Å². The standard InChI is InChI=1S/C14H27N3O/c1-12(15)13-7-3-6-10-17(13)11-14(18)16-8-4-2-5-9-16/h12-13H,2-11,15H2,1H3. The molecule has 0 aromatic rings. The molecular weight excluding hydrogens is 226 g/mol. The summed E-state index contributed by atoms with van der Waals surface area (Å²) in [5.74, 6) is 0.308. The van der Waals surface area contributed by atoms with Crippen molar-refractivity contribution in [2.24, 2.45) is 5.73 Å². The van der Waals surface area contributed by atoms with Crippen molar-refractivity contribution in [3.8, 4) is 0 Å². The van der Waals surface area contributed by atoms with E-state index in [2.05, 4.69) is 11.8 Å². The second-order valence-corrected chi connectivity index (χ2v) is 5.83. The lowest BCUT2D eigenvalue weighted by Crippen LogP contribution is -2.53. The Morgan fingerprint density at radius 2 is 1.83 bits per heavy atom. The Bertz CT molecular complexity index is 274. The second-order valence-electron chi connectivity index (χ2n) is 5.83. The summed E-state index contributed by atoms with van der Waals surface area (Å²) < 4.78 is 0. The lowest BCUT2D eigenvalue weighted by Gasteiger charge is -2.39. The second kappa shape index (κ2) is 6.53. The minimum absolute atomic E-state index is 0.166. The highest BCUT2D eigenvalue weighted by molar-refractivity contribution is 5.78. The third-order valence-electron chi connectivity index (χ3n) is 4.32. The van der Waals surface area contributed by atoms with Crippen LogP contribution in [-0.2, 0) is 4.79 Å². The first-order valence-corrected chi connectivity index (χ1v) is 7.46. The van der Waals surface area contributed by atoms with Crippen LogP contribution in [0.2, 0.25) is 0 Å². The molecule has 2 aliphatic heterocycles. The van der Waals surface area contributed by atoms with Gasteiger partial charge in [0.2, 0.25) is 5.91 Å². The van der Waals surface area contributed by atoms with Gasteiger partial charge in [0.1, 0.15) is 0 Å². The van der Waals surface area contributed by atoms with Gasteiger partial charge in [0.25, 0.3) is 0 Å². The molecule has 2 N–H and O–H groups in total. The van der Waals surface area contributed by atoms with Crippen molar-refractivity contribution in [1.82, 2.24) is 9.80 Å². The number of nitrogens with zero attached hydrogens (tertiary/aromatic N) is 2. The van der Waals surface area contributed by atoms with Crippen LogP contribution in [0.3, 0.4) is 0 Å². The first-order valence-electron chi connectivity index (χ1n) is 7.46. The van der Waals surface area contributed by atoms with E-state index < -0.39 is 0 Å². The van der Waals surface area contributed by atoms with Gasteiger partial charge in [-0.3, -0.25) is 9.69 Å². The molecule has 2 unspecified atom stereocenters. The number of piperidine rings is 2. The molecule has 0 bridgehead atoms. The molecule has 104 valence electrons. The van der Waals surface area contributed by atoms with E-state index in [-0.39, 0.29) is 6.04 Å². The van der Waals surface area contributed by atoms with Gasteiger partial charge in [-0.15, -0.1) is 0 Å². The number of rotatable bonds is 3. The molecule has 2 atom stereocenters. The van der Waals surface area contributed by atoms with Crippen molar-refractivity contribution in [3.63, 3.8) is 0 Å². The van der Waals surface area contributed by atoms with Gasteiger partial charge in [-0.25, -0.2) is 0 Å². The summed E-state index contributed by atoms with van der Waals surface area (Å²) in [6.45, 7) is 5.58. The van der Waals surface area contributed by atoms with Crippen molar-refractivity contribution in [3.05, 3.63) is 0 Å². The number of nitrogens with two attached hydrogens (primary N) is 1. The van der Waals surface area contributed by atoms with Gasteiger partial charge in [0.05, 0.1) is 6.54 Å². The molecule has 0 radical (unpaired) electrons. The molecule has 2 rings (SSSR count). The molecule has 0 spiro atoms. The Balaban J connectivity index is 1.87. The summed E-state index contributed by atoms with van der Waals surface area (Å²) in [5.41, 5.74) is 6.05. The first kappa shape index (κ1) is 13.8. The Labute approximate surface area is 110 Å². The van der Waals surface area contributed by atoms with Gasteiger partial charge in [-0.1, -0.05) is 6.42 Å². The summed E-state index contributed by atoms with van der Waals surface area (Å²) >= 11 is 0. The largest absolute Gasteiger partial charge is 0.342 e. The van der Waals surface area contributed by atoms with Crippen LogP contribution < -0.4 is 5.73 Å². The summed E-state index contributed by atoms with van der Waals surface area (Å²) in [5, 5.41) is 0. The smallest absolute Gasteiger partial charge is 0.236 e. The molecule has 2 fully saturated rings. The Morgan fingerprint density at radius 1 is 1.17 bits per heavy atom. The molecule has 2 saturated heterocycles. The number of likely N-dealkylation sites (tertiary alicyclic amines) is 2. The third-order valence-corrected chi connectivity index (χ3v) is 4.32. The van der Waals surface area contributed by atoms with Gasteiger partial charge in [0.15, 0.2) is 0 Å². The number of amides is 1. The molecule has 4 nitrogen and oxygen atoms in total. The fraction of sp³-hybridized carbons (Fsp3) is 0.929. The van der Waals surface area contributed by atoms with Crippen LogP contribution in [0.15, 0.2) is 0 Å². The fourth-order valence-corrected chi connectivity index (χ4v) is 3.23. The van der Waals surface area contributed by atoms with Crippen molar-refractivity contribution in [1.29, 1.82) is 0 Å². The molecule has 1 amide bonds. The zero-order valence-corrected chi connectivity index (χ0v) is 11.6. The zero-order chi connectivity index (χ0) is 13.0.